The largest absolute Gasteiger partial charge is 0.296 e. The predicted molar refractivity (Wildman–Crippen MR) is 59.0 cm³/mol. The van der Waals surface area contributed by atoms with Crippen molar-refractivity contribution in [3.05, 3.63) is 30.3 Å². The van der Waals surface area contributed by atoms with Crippen molar-refractivity contribution in [3.63, 3.8) is 0 Å². The van der Waals surface area contributed by atoms with Crippen molar-refractivity contribution in [2.75, 3.05) is 6.61 Å². The molecular weight excluding hydrogens is 212 g/mol. The first-order valence-corrected chi connectivity index (χ1v) is 6.37. The van der Waals surface area contributed by atoms with Gasteiger partial charge in [0, 0.05) is 0 Å². The van der Waals surface area contributed by atoms with Crippen LogP contribution in [-0.2, 0) is 14.3 Å². The zero-order valence-electron chi connectivity index (χ0n) is 9.01. The van der Waals surface area contributed by atoms with Gasteiger partial charge in [0.25, 0.3) is 10.1 Å². The van der Waals surface area contributed by atoms with E-state index >= 15 is 0 Å². The Balaban J connectivity index is 2.61. The molecule has 84 valence electrons. The van der Waals surface area contributed by atoms with Crippen LogP contribution in [0.15, 0.2) is 35.2 Å². The quantitative estimate of drug-likeness (QED) is 0.727. The lowest BCUT2D eigenvalue weighted by Gasteiger charge is -2.06. The van der Waals surface area contributed by atoms with E-state index in [0.717, 1.165) is 6.42 Å². The monoisotopic (exact) mass is 228 g/mol. The van der Waals surface area contributed by atoms with Gasteiger partial charge in [-0.3, -0.25) is 4.18 Å². The standard InChI is InChI=1S/C11H16O3S/c1-10(2)8-9-14-15(12,13)11-6-4-3-5-7-11/h3-7,10H,8-9H2,1-2H3. The van der Waals surface area contributed by atoms with Gasteiger partial charge in [-0.05, 0) is 24.5 Å². The highest BCUT2D eigenvalue weighted by molar-refractivity contribution is 7.86. The van der Waals surface area contributed by atoms with Crippen LogP contribution in [0.2, 0.25) is 0 Å². The fourth-order valence-electron chi connectivity index (χ4n) is 1.05. The number of hydrogen-bond acceptors (Lipinski definition) is 3. The maximum absolute atomic E-state index is 11.6. The molecule has 1 aromatic carbocycles. The van der Waals surface area contributed by atoms with Crippen LogP contribution in [0.4, 0.5) is 0 Å². The lowest BCUT2D eigenvalue weighted by molar-refractivity contribution is 0.292. The van der Waals surface area contributed by atoms with Crippen molar-refractivity contribution in [3.8, 4) is 0 Å². The summed E-state index contributed by atoms with van der Waals surface area (Å²) < 4.78 is 28.1. The van der Waals surface area contributed by atoms with Crippen LogP contribution in [0, 0.1) is 5.92 Å². The van der Waals surface area contributed by atoms with Gasteiger partial charge < -0.3 is 0 Å². The van der Waals surface area contributed by atoms with E-state index in [-0.39, 0.29) is 11.5 Å². The lowest BCUT2D eigenvalue weighted by Crippen LogP contribution is -2.08. The van der Waals surface area contributed by atoms with E-state index in [2.05, 4.69) is 0 Å². The summed E-state index contributed by atoms with van der Waals surface area (Å²) in [4.78, 5) is 0.216. The van der Waals surface area contributed by atoms with E-state index in [1.807, 2.05) is 13.8 Å². The summed E-state index contributed by atoms with van der Waals surface area (Å²) in [6.07, 6.45) is 0.742. The molecule has 15 heavy (non-hydrogen) atoms. The van der Waals surface area contributed by atoms with Crippen LogP contribution in [0.25, 0.3) is 0 Å². The molecule has 0 saturated heterocycles. The molecule has 0 atom stereocenters. The van der Waals surface area contributed by atoms with Crippen LogP contribution in [0.3, 0.4) is 0 Å². The normalized spacial score (nSPS) is 11.9. The second-order valence-electron chi connectivity index (χ2n) is 3.77. The predicted octanol–water partition coefficient (Wildman–Crippen LogP) is 2.44. The van der Waals surface area contributed by atoms with Gasteiger partial charge in [0.05, 0.1) is 11.5 Å². The molecule has 0 aliphatic rings. The van der Waals surface area contributed by atoms with Gasteiger partial charge in [-0.2, -0.15) is 8.42 Å². The molecule has 4 heteroatoms. The molecule has 0 N–H and O–H groups in total. The van der Waals surface area contributed by atoms with Crippen molar-refractivity contribution in [1.82, 2.24) is 0 Å². The Morgan fingerprint density at radius 1 is 1.20 bits per heavy atom. The molecule has 0 saturated carbocycles. The molecule has 0 radical (unpaired) electrons. The third-order valence-corrected chi connectivity index (χ3v) is 3.29. The van der Waals surface area contributed by atoms with E-state index in [0.29, 0.717) is 5.92 Å². The van der Waals surface area contributed by atoms with E-state index in [4.69, 9.17) is 4.18 Å². The lowest BCUT2D eigenvalue weighted by atomic mass is 10.2. The number of rotatable bonds is 5. The molecule has 1 aromatic rings. The Kier molecular flexibility index (Phi) is 4.29. The van der Waals surface area contributed by atoms with Crippen LogP contribution < -0.4 is 0 Å². The molecule has 0 unspecified atom stereocenters. The topological polar surface area (TPSA) is 43.4 Å². The molecule has 0 fully saturated rings. The summed E-state index contributed by atoms with van der Waals surface area (Å²) >= 11 is 0. The average molecular weight is 228 g/mol. The third-order valence-electron chi connectivity index (χ3n) is 1.97. The molecule has 0 spiro atoms. The summed E-state index contributed by atoms with van der Waals surface area (Å²) in [5, 5.41) is 0. The minimum absolute atomic E-state index is 0.216. The molecule has 0 aliphatic heterocycles. The van der Waals surface area contributed by atoms with Gasteiger partial charge in [0.15, 0.2) is 0 Å². The number of hydrogen-bond donors (Lipinski definition) is 0. The molecule has 0 bridgehead atoms. The summed E-state index contributed by atoms with van der Waals surface area (Å²) in [6.45, 7) is 4.30. The Morgan fingerprint density at radius 3 is 2.33 bits per heavy atom. The SMILES string of the molecule is CC(C)CCOS(=O)(=O)c1ccccc1. The zero-order chi connectivity index (χ0) is 11.3. The van der Waals surface area contributed by atoms with Crippen molar-refractivity contribution < 1.29 is 12.6 Å². The smallest absolute Gasteiger partial charge is 0.266 e. The van der Waals surface area contributed by atoms with Gasteiger partial charge in [-0.15, -0.1) is 0 Å². The van der Waals surface area contributed by atoms with E-state index in [9.17, 15) is 8.42 Å². The molecule has 3 nitrogen and oxygen atoms in total. The fraction of sp³-hybridized carbons (Fsp3) is 0.455. The van der Waals surface area contributed by atoms with Crippen molar-refractivity contribution in [2.45, 2.75) is 25.2 Å². The maximum Gasteiger partial charge on any atom is 0.296 e. The minimum atomic E-state index is -3.56. The van der Waals surface area contributed by atoms with Crippen LogP contribution >= 0.6 is 0 Å². The second kappa shape index (κ2) is 5.28. The highest BCUT2D eigenvalue weighted by Gasteiger charge is 2.13. The first-order chi connectivity index (χ1) is 7.02. The van der Waals surface area contributed by atoms with E-state index in [1.54, 1.807) is 18.2 Å². The highest BCUT2D eigenvalue weighted by atomic mass is 32.2. The number of benzene rings is 1. The highest BCUT2D eigenvalue weighted by Crippen LogP contribution is 2.12. The maximum atomic E-state index is 11.6. The Morgan fingerprint density at radius 2 is 1.80 bits per heavy atom. The fourth-order valence-corrected chi connectivity index (χ4v) is 1.99. The van der Waals surface area contributed by atoms with Crippen LogP contribution in [0.1, 0.15) is 20.3 Å². The minimum Gasteiger partial charge on any atom is -0.266 e. The van der Waals surface area contributed by atoms with Crippen LogP contribution in [-0.4, -0.2) is 15.0 Å². The average Bonchev–Trinajstić information content (AvgIpc) is 2.18. The van der Waals surface area contributed by atoms with Gasteiger partial charge in [0.2, 0.25) is 0 Å². The molecule has 0 heterocycles. The first kappa shape index (κ1) is 12.2. The second-order valence-corrected chi connectivity index (χ2v) is 5.39. The van der Waals surface area contributed by atoms with Crippen molar-refractivity contribution >= 4 is 10.1 Å². The van der Waals surface area contributed by atoms with Crippen molar-refractivity contribution in [1.29, 1.82) is 0 Å². The summed E-state index contributed by atoms with van der Waals surface area (Å²) in [6, 6.07) is 8.19. The third kappa shape index (κ3) is 4.01. The van der Waals surface area contributed by atoms with Gasteiger partial charge in [-0.1, -0.05) is 32.0 Å². The molecular formula is C11H16O3S. The summed E-state index contributed by atoms with van der Waals surface area (Å²) in [5.41, 5.74) is 0. The summed E-state index contributed by atoms with van der Waals surface area (Å²) in [5.74, 6) is 0.441. The first-order valence-electron chi connectivity index (χ1n) is 4.97. The summed E-state index contributed by atoms with van der Waals surface area (Å²) in [7, 11) is -3.56. The van der Waals surface area contributed by atoms with Crippen LogP contribution in [0.5, 0.6) is 0 Å². The molecule has 0 amide bonds. The Labute approximate surface area is 91.2 Å². The van der Waals surface area contributed by atoms with Gasteiger partial charge in [0.1, 0.15) is 0 Å². The van der Waals surface area contributed by atoms with Gasteiger partial charge >= 0.3 is 0 Å². The molecule has 0 aromatic heterocycles. The van der Waals surface area contributed by atoms with Gasteiger partial charge in [-0.25, -0.2) is 0 Å². The van der Waals surface area contributed by atoms with E-state index in [1.165, 1.54) is 12.1 Å². The van der Waals surface area contributed by atoms with E-state index < -0.39 is 10.1 Å². The molecule has 1 rings (SSSR count). The zero-order valence-corrected chi connectivity index (χ0v) is 9.83. The molecule has 0 aliphatic carbocycles. The Bertz CT molecular complexity index is 382. The Hall–Kier alpha value is -0.870. The van der Waals surface area contributed by atoms with Crippen molar-refractivity contribution in [2.24, 2.45) is 5.92 Å².